The Balaban J connectivity index is 1.54. The Bertz CT molecular complexity index is 837. The number of para-hydroxylation sites is 1. The summed E-state index contributed by atoms with van der Waals surface area (Å²) in [7, 11) is 0. The van der Waals surface area contributed by atoms with E-state index in [9.17, 15) is 9.90 Å². The summed E-state index contributed by atoms with van der Waals surface area (Å²) >= 11 is 1.53. The Hall–Kier alpha value is -2.18. The lowest BCUT2D eigenvalue weighted by Crippen LogP contribution is -2.38. The number of nitrogens with zero attached hydrogens (tertiary/aromatic N) is 1. The highest BCUT2D eigenvalue weighted by molar-refractivity contribution is 7.08. The lowest BCUT2D eigenvalue weighted by Gasteiger charge is -2.22. The van der Waals surface area contributed by atoms with Gasteiger partial charge in [-0.1, -0.05) is 12.1 Å². The first-order valence-corrected chi connectivity index (χ1v) is 8.86. The summed E-state index contributed by atoms with van der Waals surface area (Å²) < 4.78 is 0. The number of H-pyrrole nitrogens is 1. The van der Waals surface area contributed by atoms with E-state index in [1.54, 1.807) is 6.92 Å². The number of rotatable bonds is 6. The van der Waals surface area contributed by atoms with Crippen LogP contribution in [0.2, 0.25) is 0 Å². The summed E-state index contributed by atoms with van der Waals surface area (Å²) in [5, 5.41) is 17.0. The molecule has 0 aliphatic carbocycles. The van der Waals surface area contributed by atoms with E-state index in [2.05, 4.69) is 15.3 Å². The van der Waals surface area contributed by atoms with Crippen molar-refractivity contribution in [2.75, 3.05) is 6.54 Å². The number of thiophene rings is 1. The lowest BCUT2D eigenvalue weighted by molar-refractivity contribution is -0.122. The molecule has 3 rings (SSSR count). The third kappa shape index (κ3) is 3.66. The molecule has 2 heterocycles. The Morgan fingerprint density at radius 2 is 2.25 bits per heavy atom. The second-order valence-corrected chi connectivity index (χ2v) is 7.00. The maximum Gasteiger partial charge on any atom is 0.220 e. The van der Waals surface area contributed by atoms with E-state index < -0.39 is 5.60 Å². The second-order valence-electron chi connectivity index (χ2n) is 6.22. The summed E-state index contributed by atoms with van der Waals surface area (Å²) in [5.74, 6) is 0.710. The Labute approximate surface area is 144 Å². The van der Waals surface area contributed by atoms with Gasteiger partial charge in [0.25, 0.3) is 0 Å². The lowest BCUT2D eigenvalue weighted by atomic mass is 9.99. The number of aliphatic hydroxyl groups is 1. The first-order chi connectivity index (χ1) is 11.5. The molecule has 1 unspecified atom stereocenters. The summed E-state index contributed by atoms with van der Waals surface area (Å²) in [6, 6.07) is 7.86. The van der Waals surface area contributed by atoms with Crippen molar-refractivity contribution in [2.24, 2.45) is 0 Å². The van der Waals surface area contributed by atoms with E-state index in [1.807, 2.05) is 41.9 Å². The van der Waals surface area contributed by atoms with Crippen LogP contribution in [0.3, 0.4) is 0 Å². The molecule has 0 spiro atoms. The number of fused-ring (bicyclic) bond motifs is 1. The van der Waals surface area contributed by atoms with Gasteiger partial charge >= 0.3 is 0 Å². The van der Waals surface area contributed by atoms with E-state index in [-0.39, 0.29) is 12.5 Å². The highest BCUT2D eigenvalue weighted by Crippen LogP contribution is 2.22. The van der Waals surface area contributed by atoms with E-state index in [0.29, 0.717) is 12.8 Å². The van der Waals surface area contributed by atoms with Crippen LogP contribution >= 0.6 is 11.3 Å². The number of carbonyl (C=O) groups excluding carboxylic acids is 1. The van der Waals surface area contributed by atoms with Crippen molar-refractivity contribution in [3.63, 3.8) is 0 Å². The first-order valence-electron chi connectivity index (χ1n) is 7.92. The molecule has 3 N–H and O–H groups in total. The zero-order chi connectivity index (χ0) is 17.2. The smallest absolute Gasteiger partial charge is 0.220 e. The predicted octanol–water partition coefficient (Wildman–Crippen LogP) is 2.89. The number of amides is 1. The van der Waals surface area contributed by atoms with E-state index >= 15 is 0 Å². The molecule has 0 aliphatic heterocycles. The molecule has 0 radical (unpaired) electrons. The molecule has 5 nitrogen and oxygen atoms in total. The van der Waals surface area contributed by atoms with Gasteiger partial charge in [0.1, 0.15) is 11.4 Å². The fourth-order valence-corrected chi connectivity index (χ4v) is 3.39. The number of aromatic nitrogens is 2. The van der Waals surface area contributed by atoms with Crippen molar-refractivity contribution in [3.8, 4) is 0 Å². The topological polar surface area (TPSA) is 78.0 Å². The van der Waals surface area contributed by atoms with Crippen LogP contribution in [0.4, 0.5) is 0 Å². The Morgan fingerprint density at radius 3 is 2.96 bits per heavy atom. The Kier molecular flexibility index (Phi) is 4.69. The molecule has 6 heteroatoms. The number of aryl methyl sites for hydroxylation is 2. The van der Waals surface area contributed by atoms with Crippen LogP contribution in [0.5, 0.6) is 0 Å². The van der Waals surface area contributed by atoms with E-state index in [1.165, 1.54) is 11.3 Å². The molecule has 1 atom stereocenters. The van der Waals surface area contributed by atoms with Gasteiger partial charge in [0, 0.05) is 12.8 Å². The number of aromatic amines is 1. The molecular formula is C18H21N3O2S. The molecular weight excluding hydrogens is 322 g/mol. The minimum atomic E-state index is -1.05. The van der Waals surface area contributed by atoms with Crippen LogP contribution in [-0.2, 0) is 16.8 Å². The third-order valence-corrected chi connectivity index (χ3v) is 4.81. The molecule has 0 saturated heterocycles. The van der Waals surface area contributed by atoms with Crippen molar-refractivity contribution >= 4 is 28.3 Å². The predicted molar refractivity (Wildman–Crippen MR) is 96.1 cm³/mol. The number of hydrogen-bond acceptors (Lipinski definition) is 4. The van der Waals surface area contributed by atoms with Crippen molar-refractivity contribution in [2.45, 2.75) is 32.3 Å². The normalized spacial score (nSPS) is 13.8. The van der Waals surface area contributed by atoms with Crippen LogP contribution in [0.1, 0.15) is 30.3 Å². The van der Waals surface area contributed by atoms with E-state index in [0.717, 1.165) is 28.0 Å². The summed E-state index contributed by atoms with van der Waals surface area (Å²) in [4.78, 5) is 19.9. The molecule has 0 fully saturated rings. The maximum atomic E-state index is 12.1. The largest absolute Gasteiger partial charge is 0.384 e. The van der Waals surface area contributed by atoms with Gasteiger partial charge in [-0.2, -0.15) is 11.3 Å². The molecule has 24 heavy (non-hydrogen) atoms. The fraction of sp³-hybridized carbons (Fsp3) is 0.333. The minimum Gasteiger partial charge on any atom is -0.384 e. The second kappa shape index (κ2) is 6.75. The Morgan fingerprint density at radius 1 is 1.42 bits per heavy atom. The van der Waals surface area contributed by atoms with Crippen molar-refractivity contribution in [1.29, 1.82) is 0 Å². The number of benzene rings is 1. The quantitative estimate of drug-likeness (QED) is 0.644. The zero-order valence-corrected chi connectivity index (χ0v) is 14.6. The number of nitrogens with one attached hydrogen (secondary N) is 2. The molecule has 0 saturated carbocycles. The van der Waals surface area contributed by atoms with Gasteiger partial charge in [0.2, 0.25) is 5.91 Å². The third-order valence-electron chi connectivity index (χ3n) is 4.13. The van der Waals surface area contributed by atoms with Crippen molar-refractivity contribution < 1.29 is 9.90 Å². The molecule has 2 aromatic heterocycles. The van der Waals surface area contributed by atoms with Gasteiger partial charge in [0.05, 0.1) is 17.6 Å². The van der Waals surface area contributed by atoms with Crippen LogP contribution in [0.15, 0.2) is 35.0 Å². The van der Waals surface area contributed by atoms with Crippen molar-refractivity contribution in [1.82, 2.24) is 15.3 Å². The highest BCUT2D eigenvalue weighted by Gasteiger charge is 2.24. The molecule has 3 aromatic rings. The van der Waals surface area contributed by atoms with Gasteiger partial charge in [-0.05, 0) is 47.9 Å². The average molecular weight is 343 g/mol. The first kappa shape index (κ1) is 16.7. The maximum absolute atomic E-state index is 12.1. The van der Waals surface area contributed by atoms with Gasteiger partial charge in [-0.15, -0.1) is 0 Å². The highest BCUT2D eigenvalue weighted by atomic mass is 32.1. The standard InChI is InChI=1S/C18H21N3O2S/c1-12-4-3-5-14-17(12)21-15(20-14)6-7-16(22)19-11-18(2,23)13-8-9-24-10-13/h3-5,8-10,23H,6-7,11H2,1-2H3,(H,19,22)(H,20,21). The molecule has 0 bridgehead atoms. The number of carbonyl (C=O) groups is 1. The number of hydrogen-bond donors (Lipinski definition) is 3. The summed E-state index contributed by atoms with van der Waals surface area (Å²) in [6.45, 7) is 3.92. The van der Waals surface area contributed by atoms with Gasteiger partial charge in [-0.3, -0.25) is 4.79 Å². The van der Waals surface area contributed by atoms with Crippen LogP contribution in [-0.4, -0.2) is 27.5 Å². The van der Waals surface area contributed by atoms with Crippen LogP contribution in [0, 0.1) is 6.92 Å². The van der Waals surface area contributed by atoms with E-state index in [4.69, 9.17) is 0 Å². The molecule has 1 amide bonds. The van der Waals surface area contributed by atoms with Crippen molar-refractivity contribution in [3.05, 3.63) is 52.0 Å². The SMILES string of the molecule is Cc1cccc2[nH]c(CCC(=O)NCC(C)(O)c3ccsc3)nc12. The number of imidazole rings is 1. The van der Waals surface area contributed by atoms with Gasteiger partial charge in [-0.25, -0.2) is 4.98 Å². The minimum absolute atomic E-state index is 0.0947. The molecule has 1 aromatic carbocycles. The van der Waals surface area contributed by atoms with Crippen LogP contribution in [0.25, 0.3) is 11.0 Å². The zero-order valence-electron chi connectivity index (χ0n) is 13.8. The summed E-state index contributed by atoms with van der Waals surface area (Å²) in [5.41, 5.74) is 2.83. The average Bonchev–Trinajstić information content (AvgIpc) is 3.21. The van der Waals surface area contributed by atoms with Gasteiger partial charge in [0.15, 0.2) is 0 Å². The fourth-order valence-electron chi connectivity index (χ4n) is 2.61. The van der Waals surface area contributed by atoms with Crippen LogP contribution < -0.4 is 5.32 Å². The summed E-state index contributed by atoms with van der Waals surface area (Å²) in [6.07, 6.45) is 0.874. The van der Waals surface area contributed by atoms with Gasteiger partial charge < -0.3 is 15.4 Å². The molecule has 0 aliphatic rings. The monoisotopic (exact) mass is 343 g/mol. The molecule has 126 valence electrons.